The number of aryl methyl sites for hydroxylation is 1. The van der Waals surface area contributed by atoms with Crippen LogP contribution in [-0.2, 0) is 12.0 Å². The van der Waals surface area contributed by atoms with Gasteiger partial charge in [-0.25, -0.2) is 0 Å². The summed E-state index contributed by atoms with van der Waals surface area (Å²) in [7, 11) is 0. The number of hydrogen-bond acceptors (Lipinski definition) is 4. The van der Waals surface area contributed by atoms with Crippen LogP contribution < -0.4 is 5.32 Å². The third-order valence-electron chi connectivity index (χ3n) is 3.29. The van der Waals surface area contributed by atoms with Crippen molar-refractivity contribution in [3.8, 4) is 0 Å². The van der Waals surface area contributed by atoms with Crippen LogP contribution in [0.4, 0.5) is 0 Å². The van der Waals surface area contributed by atoms with Crippen LogP contribution in [0.3, 0.4) is 0 Å². The lowest BCUT2D eigenvalue weighted by atomic mass is 9.88. The molecule has 17 heavy (non-hydrogen) atoms. The second kappa shape index (κ2) is 4.78. The molecule has 0 aromatic carbocycles. The van der Waals surface area contributed by atoms with Crippen LogP contribution in [-0.4, -0.2) is 36.2 Å². The van der Waals surface area contributed by atoms with Crippen molar-refractivity contribution < 1.29 is 4.52 Å². The highest BCUT2D eigenvalue weighted by atomic mass is 16.5. The molecule has 1 N–H and O–H groups in total. The highest BCUT2D eigenvalue weighted by Crippen LogP contribution is 2.27. The van der Waals surface area contributed by atoms with Crippen LogP contribution in [0.5, 0.6) is 0 Å². The van der Waals surface area contributed by atoms with Gasteiger partial charge >= 0.3 is 0 Å². The molecule has 1 aliphatic heterocycles. The zero-order valence-electron chi connectivity index (χ0n) is 11.3. The molecular weight excluding hydrogens is 214 g/mol. The molecule has 0 aliphatic carbocycles. The number of nitrogens with one attached hydrogen (secondary N) is 1. The highest BCUT2D eigenvalue weighted by molar-refractivity contribution is 5.27. The first kappa shape index (κ1) is 12.6. The van der Waals surface area contributed by atoms with Crippen molar-refractivity contribution >= 4 is 0 Å². The monoisotopic (exact) mass is 237 g/mol. The molecule has 1 aromatic heterocycles. The summed E-state index contributed by atoms with van der Waals surface area (Å²) in [5.74, 6) is 0.966. The van der Waals surface area contributed by atoms with Gasteiger partial charge in [-0.2, -0.15) is 0 Å². The Morgan fingerprint density at radius 2 is 1.94 bits per heavy atom. The molecule has 0 bridgehead atoms. The van der Waals surface area contributed by atoms with E-state index in [4.69, 9.17) is 4.52 Å². The van der Waals surface area contributed by atoms with E-state index in [2.05, 4.69) is 36.1 Å². The van der Waals surface area contributed by atoms with Gasteiger partial charge in [0.1, 0.15) is 5.76 Å². The Hall–Kier alpha value is -0.870. The van der Waals surface area contributed by atoms with Crippen LogP contribution in [0, 0.1) is 6.92 Å². The summed E-state index contributed by atoms with van der Waals surface area (Å²) in [6, 6.07) is 0. The first-order chi connectivity index (χ1) is 7.98. The summed E-state index contributed by atoms with van der Waals surface area (Å²) in [6.45, 7) is 13.9. The fourth-order valence-corrected chi connectivity index (χ4v) is 2.26. The average molecular weight is 237 g/mol. The van der Waals surface area contributed by atoms with Gasteiger partial charge in [-0.15, -0.1) is 0 Å². The first-order valence-electron chi connectivity index (χ1n) is 6.37. The Morgan fingerprint density at radius 1 is 1.29 bits per heavy atom. The Bertz CT molecular complexity index is 373. The van der Waals surface area contributed by atoms with Crippen molar-refractivity contribution in [1.82, 2.24) is 15.4 Å². The van der Waals surface area contributed by atoms with Crippen molar-refractivity contribution in [2.45, 2.75) is 39.7 Å². The molecule has 0 spiro atoms. The Kier molecular flexibility index (Phi) is 3.54. The lowest BCUT2D eigenvalue weighted by molar-refractivity contribution is 0.231. The van der Waals surface area contributed by atoms with E-state index >= 15 is 0 Å². The van der Waals surface area contributed by atoms with Gasteiger partial charge in [-0.3, -0.25) is 4.90 Å². The summed E-state index contributed by atoms with van der Waals surface area (Å²) in [5, 5.41) is 7.61. The minimum absolute atomic E-state index is 0.0567. The normalized spacial score (nSPS) is 18.6. The molecule has 0 atom stereocenters. The maximum absolute atomic E-state index is 5.37. The number of hydrogen-bond donors (Lipinski definition) is 1. The van der Waals surface area contributed by atoms with E-state index < -0.39 is 0 Å². The number of aromatic nitrogens is 1. The van der Waals surface area contributed by atoms with Crippen LogP contribution >= 0.6 is 0 Å². The Balaban J connectivity index is 2.16. The number of nitrogens with zero attached hydrogens (tertiary/aromatic N) is 2. The smallest absolute Gasteiger partial charge is 0.138 e. The Morgan fingerprint density at radius 3 is 2.53 bits per heavy atom. The van der Waals surface area contributed by atoms with E-state index in [1.807, 2.05) is 6.92 Å². The molecule has 0 radical (unpaired) electrons. The second-order valence-electron chi connectivity index (χ2n) is 5.84. The predicted octanol–water partition coefficient (Wildman–Crippen LogP) is 1.69. The van der Waals surface area contributed by atoms with E-state index in [-0.39, 0.29) is 5.41 Å². The highest BCUT2D eigenvalue weighted by Gasteiger charge is 2.26. The van der Waals surface area contributed by atoms with Crippen molar-refractivity contribution in [1.29, 1.82) is 0 Å². The summed E-state index contributed by atoms with van der Waals surface area (Å²) in [6.07, 6.45) is 0. The molecular formula is C13H23N3O. The molecule has 4 heteroatoms. The molecule has 4 nitrogen and oxygen atoms in total. The van der Waals surface area contributed by atoms with E-state index in [0.29, 0.717) is 0 Å². The fraction of sp³-hybridized carbons (Fsp3) is 0.769. The van der Waals surface area contributed by atoms with Gasteiger partial charge < -0.3 is 9.84 Å². The lowest BCUT2D eigenvalue weighted by Gasteiger charge is -2.28. The summed E-state index contributed by atoms with van der Waals surface area (Å²) in [4.78, 5) is 2.46. The van der Waals surface area contributed by atoms with E-state index in [0.717, 1.165) is 44.2 Å². The number of rotatable bonds is 2. The number of piperazine rings is 1. The molecule has 0 unspecified atom stereocenters. The third kappa shape index (κ3) is 2.87. The molecule has 1 aromatic rings. The molecule has 0 saturated carbocycles. The van der Waals surface area contributed by atoms with Gasteiger partial charge in [-0.1, -0.05) is 25.9 Å². The maximum atomic E-state index is 5.37. The minimum Gasteiger partial charge on any atom is -0.361 e. The zero-order chi connectivity index (χ0) is 12.5. The van der Waals surface area contributed by atoms with Gasteiger partial charge in [0.15, 0.2) is 0 Å². The fourth-order valence-electron chi connectivity index (χ4n) is 2.26. The van der Waals surface area contributed by atoms with E-state index in [1.165, 1.54) is 5.56 Å². The SMILES string of the molecule is Cc1onc(C(C)(C)C)c1CN1CCNCC1. The van der Waals surface area contributed by atoms with Gasteiger partial charge in [0.25, 0.3) is 0 Å². The average Bonchev–Trinajstić information content (AvgIpc) is 2.62. The molecule has 1 saturated heterocycles. The van der Waals surface area contributed by atoms with Gasteiger partial charge in [0.2, 0.25) is 0 Å². The predicted molar refractivity (Wildman–Crippen MR) is 68.1 cm³/mol. The first-order valence-corrected chi connectivity index (χ1v) is 6.37. The van der Waals surface area contributed by atoms with Crippen LogP contribution in [0.1, 0.15) is 37.8 Å². The second-order valence-corrected chi connectivity index (χ2v) is 5.84. The largest absolute Gasteiger partial charge is 0.361 e. The Labute approximate surface area is 103 Å². The van der Waals surface area contributed by atoms with Crippen LogP contribution in [0.25, 0.3) is 0 Å². The minimum atomic E-state index is 0.0567. The zero-order valence-corrected chi connectivity index (χ0v) is 11.3. The maximum Gasteiger partial charge on any atom is 0.138 e. The van der Waals surface area contributed by atoms with Crippen molar-refractivity contribution in [3.63, 3.8) is 0 Å². The molecule has 2 rings (SSSR count). The molecule has 96 valence electrons. The van der Waals surface area contributed by atoms with Gasteiger partial charge in [0, 0.05) is 43.7 Å². The molecule has 1 fully saturated rings. The van der Waals surface area contributed by atoms with Crippen molar-refractivity contribution in [2.75, 3.05) is 26.2 Å². The molecule has 2 heterocycles. The lowest BCUT2D eigenvalue weighted by Crippen LogP contribution is -2.43. The third-order valence-corrected chi connectivity index (χ3v) is 3.29. The summed E-state index contributed by atoms with van der Waals surface area (Å²) < 4.78 is 5.37. The molecule has 1 aliphatic rings. The van der Waals surface area contributed by atoms with E-state index in [1.54, 1.807) is 0 Å². The van der Waals surface area contributed by atoms with Crippen LogP contribution in [0.2, 0.25) is 0 Å². The van der Waals surface area contributed by atoms with Gasteiger partial charge in [-0.05, 0) is 6.92 Å². The van der Waals surface area contributed by atoms with Crippen molar-refractivity contribution in [2.24, 2.45) is 0 Å². The topological polar surface area (TPSA) is 41.3 Å². The van der Waals surface area contributed by atoms with E-state index in [9.17, 15) is 0 Å². The van der Waals surface area contributed by atoms with Gasteiger partial charge in [0.05, 0.1) is 5.69 Å². The molecule has 0 amide bonds. The standard InChI is InChI=1S/C13H23N3O/c1-10-11(9-16-7-5-14-6-8-16)12(15-17-10)13(2,3)4/h14H,5-9H2,1-4H3. The van der Waals surface area contributed by atoms with Crippen LogP contribution in [0.15, 0.2) is 4.52 Å². The summed E-state index contributed by atoms with van der Waals surface area (Å²) >= 11 is 0. The quantitative estimate of drug-likeness (QED) is 0.850. The summed E-state index contributed by atoms with van der Waals surface area (Å²) in [5.41, 5.74) is 2.44. The van der Waals surface area contributed by atoms with Crippen molar-refractivity contribution in [3.05, 3.63) is 17.0 Å².